The lowest BCUT2D eigenvalue weighted by Gasteiger charge is -2.16. The van der Waals surface area contributed by atoms with E-state index in [9.17, 15) is 9.59 Å². The molecule has 3 aromatic carbocycles. The average Bonchev–Trinajstić information content (AvgIpc) is 2.68. The number of para-hydroxylation sites is 1. The molecule has 0 aliphatic carbocycles. The van der Waals surface area contributed by atoms with Crippen molar-refractivity contribution < 1.29 is 14.3 Å². The Balaban J connectivity index is 1.61. The van der Waals surface area contributed by atoms with Crippen molar-refractivity contribution in [3.05, 3.63) is 77.4 Å². The van der Waals surface area contributed by atoms with Gasteiger partial charge in [-0.2, -0.15) is 0 Å². The molecule has 0 heterocycles. The third kappa shape index (κ3) is 4.58. The minimum absolute atomic E-state index is 0.135. The van der Waals surface area contributed by atoms with Gasteiger partial charge >= 0.3 is 5.97 Å². The zero-order chi connectivity index (χ0) is 20.1. The summed E-state index contributed by atoms with van der Waals surface area (Å²) in [6.07, 6.45) is 0.135. The number of anilines is 1. The number of aryl methyl sites for hydroxylation is 1. The van der Waals surface area contributed by atoms with Gasteiger partial charge < -0.3 is 10.1 Å². The number of rotatable bonds is 6. The highest BCUT2D eigenvalue weighted by atomic mass is 16.5. The Bertz CT molecular complexity index is 1000. The van der Waals surface area contributed by atoms with Crippen molar-refractivity contribution in [1.29, 1.82) is 0 Å². The average molecular weight is 375 g/mol. The Kier molecular flexibility index (Phi) is 6.09. The molecule has 0 fully saturated rings. The van der Waals surface area contributed by atoms with Gasteiger partial charge in [0.25, 0.3) is 5.91 Å². The molecule has 0 aromatic heterocycles. The second-order valence-electron chi connectivity index (χ2n) is 7.22. The fourth-order valence-electron chi connectivity index (χ4n) is 3.32. The lowest BCUT2D eigenvalue weighted by molar-refractivity contribution is -0.146. The molecule has 0 spiro atoms. The lowest BCUT2D eigenvalue weighted by Crippen LogP contribution is -2.23. The highest BCUT2D eigenvalue weighted by Gasteiger charge is 2.14. The molecule has 0 aliphatic heterocycles. The number of benzene rings is 3. The maximum atomic E-state index is 12.3. The van der Waals surface area contributed by atoms with Crippen molar-refractivity contribution in [3.63, 3.8) is 0 Å². The topological polar surface area (TPSA) is 55.4 Å². The highest BCUT2D eigenvalue weighted by molar-refractivity contribution is 5.95. The summed E-state index contributed by atoms with van der Waals surface area (Å²) >= 11 is 0. The van der Waals surface area contributed by atoms with Crippen molar-refractivity contribution in [1.82, 2.24) is 0 Å². The van der Waals surface area contributed by atoms with E-state index in [1.165, 1.54) is 0 Å². The van der Waals surface area contributed by atoms with E-state index < -0.39 is 5.97 Å². The van der Waals surface area contributed by atoms with E-state index in [2.05, 4.69) is 19.2 Å². The third-order valence-electron chi connectivity index (χ3n) is 4.77. The van der Waals surface area contributed by atoms with Crippen LogP contribution in [-0.4, -0.2) is 18.5 Å². The van der Waals surface area contributed by atoms with Crippen molar-refractivity contribution in [2.75, 3.05) is 11.9 Å². The van der Waals surface area contributed by atoms with Crippen LogP contribution in [-0.2, 0) is 20.7 Å². The van der Waals surface area contributed by atoms with E-state index in [1.54, 1.807) is 0 Å². The largest absolute Gasteiger partial charge is 0.455 e. The molecule has 1 N–H and O–H groups in total. The van der Waals surface area contributed by atoms with Crippen LogP contribution in [0.5, 0.6) is 0 Å². The van der Waals surface area contributed by atoms with Crippen molar-refractivity contribution >= 4 is 28.3 Å². The monoisotopic (exact) mass is 375 g/mol. The number of amides is 1. The molecule has 144 valence electrons. The summed E-state index contributed by atoms with van der Waals surface area (Å²) in [4.78, 5) is 24.6. The number of carbonyl (C=O) groups excluding carboxylic acids is 2. The highest BCUT2D eigenvalue weighted by Crippen LogP contribution is 2.27. The smallest absolute Gasteiger partial charge is 0.310 e. The Hall–Kier alpha value is -3.14. The van der Waals surface area contributed by atoms with E-state index in [1.807, 2.05) is 67.6 Å². The zero-order valence-corrected chi connectivity index (χ0v) is 16.5. The van der Waals surface area contributed by atoms with Gasteiger partial charge in [-0.05, 0) is 40.3 Å². The van der Waals surface area contributed by atoms with E-state index in [0.717, 1.165) is 33.2 Å². The van der Waals surface area contributed by atoms with Gasteiger partial charge in [-0.25, -0.2) is 0 Å². The van der Waals surface area contributed by atoms with Crippen LogP contribution in [0, 0.1) is 6.92 Å². The normalized spacial score (nSPS) is 10.9. The predicted octanol–water partition coefficient (Wildman–Crippen LogP) is 5.00. The number of fused-ring (bicyclic) bond motifs is 1. The molecule has 0 aliphatic rings. The van der Waals surface area contributed by atoms with Crippen LogP contribution in [0.2, 0.25) is 0 Å². The van der Waals surface area contributed by atoms with E-state index in [0.29, 0.717) is 0 Å². The molecule has 28 heavy (non-hydrogen) atoms. The van der Waals surface area contributed by atoms with E-state index in [-0.39, 0.29) is 24.9 Å². The Morgan fingerprint density at radius 2 is 1.68 bits per heavy atom. The maximum absolute atomic E-state index is 12.3. The van der Waals surface area contributed by atoms with Gasteiger partial charge in [-0.1, -0.05) is 74.5 Å². The summed E-state index contributed by atoms with van der Waals surface area (Å²) in [5.41, 5.74) is 3.74. The van der Waals surface area contributed by atoms with Gasteiger partial charge in [-0.15, -0.1) is 0 Å². The fraction of sp³-hybridized carbons (Fsp3) is 0.250. The number of hydrogen-bond donors (Lipinski definition) is 1. The number of esters is 1. The number of ether oxygens (including phenoxy) is 1. The molecule has 0 atom stereocenters. The molecule has 0 unspecified atom stereocenters. The number of hydrogen-bond acceptors (Lipinski definition) is 3. The minimum atomic E-state index is -0.416. The molecular formula is C24H25NO3. The molecule has 0 saturated carbocycles. The van der Waals surface area contributed by atoms with Crippen LogP contribution >= 0.6 is 0 Å². The van der Waals surface area contributed by atoms with Gasteiger partial charge in [0.15, 0.2) is 6.61 Å². The fourth-order valence-corrected chi connectivity index (χ4v) is 3.32. The molecule has 4 heteroatoms. The first-order chi connectivity index (χ1) is 13.5. The molecule has 4 nitrogen and oxygen atoms in total. The Labute approximate surface area is 165 Å². The Morgan fingerprint density at radius 1 is 0.964 bits per heavy atom. The van der Waals surface area contributed by atoms with Gasteiger partial charge in [0.1, 0.15) is 0 Å². The summed E-state index contributed by atoms with van der Waals surface area (Å²) in [6, 6.07) is 19.7. The van der Waals surface area contributed by atoms with Gasteiger partial charge in [-0.3, -0.25) is 9.59 Å². The van der Waals surface area contributed by atoms with Gasteiger partial charge in [0, 0.05) is 5.69 Å². The van der Waals surface area contributed by atoms with Crippen LogP contribution in [0.15, 0.2) is 60.7 Å². The Morgan fingerprint density at radius 3 is 2.46 bits per heavy atom. The van der Waals surface area contributed by atoms with Gasteiger partial charge in [0.05, 0.1) is 6.42 Å². The summed E-state index contributed by atoms with van der Waals surface area (Å²) in [6.45, 7) is 5.81. The maximum Gasteiger partial charge on any atom is 0.310 e. The van der Waals surface area contributed by atoms with Gasteiger partial charge in [0.2, 0.25) is 0 Å². The molecule has 0 bridgehead atoms. The molecule has 3 rings (SSSR count). The summed E-state index contributed by atoms with van der Waals surface area (Å²) < 4.78 is 5.22. The van der Waals surface area contributed by atoms with E-state index >= 15 is 0 Å². The number of nitrogens with one attached hydrogen (secondary N) is 1. The quantitative estimate of drug-likeness (QED) is 0.617. The SMILES string of the molecule is Cc1cccc(C(C)C)c1NC(=O)COC(=O)Cc1cccc2ccccc12. The predicted molar refractivity (Wildman–Crippen MR) is 113 cm³/mol. The van der Waals surface area contributed by atoms with Crippen molar-refractivity contribution in [3.8, 4) is 0 Å². The molecule has 0 saturated heterocycles. The third-order valence-corrected chi connectivity index (χ3v) is 4.77. The van der Waals surface area contributed by atoms with Crippen LogP contribution in [0.1, 0.15) is 36.5 Å². The summed E-state index contributed by atoms with van der Waals surface area (Å²) in [5, 5.41) is 4.99. The van der Waals surface area contributed by atoms with Crippen molar-refractivity contribution in [2.24, 2.45) is 0 Å². The summed E-state index contributed by atoms with van der Waals surface area (Å²) in [5.74, 6) is -0.466. The second-order valence-corrected chi connectivity index (χ2v) is 7.22. The lowest BCUT2D eigenvalue weighted by atomic mass is 9.98. The first-order valence-electron chi connectivity index (χ1n) is 9.47. The number of carbonyl (C=O) groups is 2. The van der Waals surface area contributed by atoms with Crippen molar-refractivity contribution in [2.45, 2.75) is 33.1 Å². The second kappa shape index (κ2) is 8.70. The van der Waals surface area contributed by atoms with Crippen LogP contribution < -0.4 is 5.32 Å². The van der Waals surface area contributed by atoms with Crippen LogP contribution in [0.4, 0.5) is 5.69 Å². The molecule has 3 aromatic rings. The van der Waals surface area contributed by atoms with Crippen LogP contribution in [0.3, 0.4) is 0 Å². The molecule has 1 amide bonds. The minimum Gasteiger partial charge on any atom is -0.455 e. The van der Waals surface area contributed by atoms with Crippen LogP contribution in [0.25, 0.3) is 10.8 Å². The zero-order valence-electron chi connectivity index (χ0n) is 16.5. The molecule has 0 radical (unpaired) electrons. The summed E-state index contributed by atoms with van der Waals surface area (Å²) in [7, 11) is 0. The first-order valence-corrected chi connectivity index (χ1v) is 9.47. The first kappa shape index (κ1) is 19.6. The molecular weight excluding hydrogens is 350 g/mol. The van der Waals surface area contributed by atoms with E-state index in [4.69, 9.17) is 4.74 Å². The standard InChI is InChI=1S/C24H25NO3/c1-16(2)20-13-6-8-17(3)24(20)25-22(26)15-28-23(27)14-19-11-7-10-18-9-4-5-12-21(18)19/h4-13,16H,14-15H2,1-3H3,(H,25,26).